The molecule has 3 aromatic rings. The topological polar surface area (TPSA) is 47.5 Å². The smallest absolute Gasteiger partial charge is 0.128 e. The van der Waals surface area contributed by atoms with Gasteiger partial charge in [-0.15, -0.1) is 0 Å². The first kappa shape index (κ1) is 18.1. The number of rotatable bonds is 4. The minimum atomic E-state index is 0.224. The predicted molar refractivity (Wildman–Crippen MR) is 120 cm³/mol. The van der Waals surface area contributed by atoms with E-state index in [1.54, 1.807) is 0 Å². The lowest BCUT2D eigenvalue weighted by molar-refractivity contribution is 0.227. The van der Waals surface area contributed by atoms with Crippen molar-refractivity contribution in [2.24, 2.45) is 4.99 Å². The highest BCUT2D eigenvalue weighted by Crippen LogP contribution is 2.35. The number of nitrogens with zero attached hydrogens (tertiary/aromatic N) is 4. The van der Waals surface area contributed by atoms with E-state index >= 15 is 0 Å². The quantitative estimate of drug-likeness (QED) is 0.720. The second-order valence-corrected chi connectivity index (χ2v) is 7.87. The molecule has 0 spiro atoms. The number of aromatic nitrogens is 2. The summed E-state index contributed by atoms with van der Waals surface area (Å²) in [5.74, 6) is 1.07. The number of hydrogen-bond donors (Lipinski definition) is 1. The highest BCUT2D eigenvalue weighted by Gasteiger charge is 2.32. The summed E-state index contributed by atoms with van der Waals surface area (Å²) in [5, 5.41) is 1.32. The number of aliphatic imine (C=N–C) groups is 1. The van der Waals surface area contributed by atoms with Crippen LogP contribution in [0.15, 0.2) is 65.9 Å². The first-order valence-electron chi connectivity index (χ1n) is 10.5. The van der Waals surface area contributed by atoms with Crippen LogP contribution in [0.25, 0.3) is 10.9 Å². The molecular formula is C24H27N5. The predicted octanol–water partition coefficient (Wildman–Crippen LogP) is 4.48. The molecule has 5 heteroatoms. The SMILES string of the molecule is Cc1[nH]c2ccccc2c1C(C1=NC=CCC1)N1CCN(c2ccccn2)CC1. The van der Waals surface area contributed by atoms with Crippen molar-refractivity contribution in [3.63, 3.8) is 0 Å². The Morgan fingerprint density at radius 2 is 1.83 bits per heavy atom. The van der Waals surface area contributed by atoms with Gasteiger partial charge in [0.2, 0.25) is 0 Å². The summed E-state index contributed by atoms with van der Waals surface area (Å²) in [5.41, 5.74) is 5.14. The van der Waals surface area contributed by atoms with Gasteiger partial charge in [-0.05, 0) is 38.0 Å². The number of anilines is 1. The maximum Gasteiger partial charge on any atom is 0.128 e. The second kappa shape index (κ2) is 7.84. The fourth-order valence-corrected chi connectivity index (χ4v) is 4.69. The molecule has 1 unspecified atom stereocenters. The van der Waals surface area contributed by atoms with Gasteiger partial charge in [0.15, 0.2) is 0 Å². The number of H-pyrrole nitrogens is 1. The standard InChI is InChI=1S/C24H27N5/c1-18-23(19-8-2-3-9-20(19)27-18)24(21-10-4-6-12-25-21)29-16-14-28(15-17-29)22-11-5-7-13-26-22/h2-3,5-9,11-13,24,27H,4,10,14-17H2,1H3. The lowest BCUT2D eigenvalue weighted by atomic mass is 9.93. The maximum atomic E-state index is 4.84. The number of fused-ring (bicyclic) bond motifs is 1. The molecule has 2 aromatic heterocycles. The summed E-state index contributed by atoms with van der Waals surface area (Å²) in [6.45, 7) is 6.17. The van der Waals surface area contributed by atoms with Gasteiger partial charge >= 0.3 is 0 Å². The molecule has 1 atom stereocenters. The van der Waals surface area contributed by atoms with Crippen molar-refractivity contribution in [1.82, 2.24) is 14.9 Å². The van der Waals surface area contributed by atoms with E-state index in [1.165, 1.54) is 27.9 Å². The molecule has 5 rings (SSSR count). The van der Waals surface area contributed by atoms with Gasteiger partial charge in [0.1, 0.15) is 5.82 Å². The van der Waals surface area contributed by atoms with E-state index < -0.39 is 0 Å². The van der Waals surface area contributed by atoms with Crippen molar-refractivity contribution in [3.8, 4) is 0 Å². The summed E-state index contributed by atoms with van der Waals surface area (Å²) >= 11 is 0. The van der Waals surface area contributed by atoms with Crippen molar-refractivity contribution >= 4 is 22.4 Å². The largest absolute Gasteiger partial charge is 0.358 e. The fourth-order valence-electron chi connectivity index (χ4n) is 4.69. The van der Waals surface area contributed by atoms with Crippen LogP contribution in [0.3, 0.4) is 0 Å². The minimum absolute atomic E-state index is 0.224. The third-order valence-corrected chi connectivity index (χ3v) is 6.10. The van der Waals surface area contributed by atoms with Gasteiger partial charge in [-0.3, -0.25) is 9.89 Å². The lowest BCUT2D eigenvalue weighted by Gasteiger charge is -2.40. The summed E-state index contributed by atoms with van der Waals surface area (Å²) in [7, 11) is 0. The van der Waals surface area contributed by atoms with Crippen LogP contribution in [0.5, 0.6) is 0 Å². The molecule has 5 nitrogen and oxygen atoms in total. The Morgan fingerprint density at radius 1 is 1.00 bits per heavy atom. The zero-order valence-corrected chi connectivity index (χ0v) is 16.9. The van der Waals surface area contributed by atoms with Crippen molar-refractivity contribution in [1.29, 1.82) is 0 Å². The van der Waals surface area contributed by atoms with Crippen LogP contribution in [0.4, 0.5) is 5.82 Å². The Morgan fingerprint density at radius 3 is 2.59 bits per heavy atom. The zero-order chi connectivity index (χ0) is 19.6. The number of piperazine rings is 1. The molecule has 29 heavy (non-hydrogen) atoms. The number of para-hydroxylation sites is 1. The average molecular weight is 386 g/mol. The van der Waals surface area contributed by atoms with Gasteiger partial charge in [-0.1, -0.05) is 30.3 Å². The maximum absolute atomic E-state index is 4.84. The van der Waals surface area contributed by atoms with E-state index in [-0.39, 0.29) is 6.04 Å². The summed E-state index contributed by atoms with van der Waals surface area (Å²) in [4.78, 5) is 18.0. The molecule has 0 saturated carbocycles. The molecular weight excluding hydrogens is 358 g/mol. The number of aryl methyl sites for hydroxylation is 1. The first-order valence-corrected chi connectivity index (χ1v) is 10.5. The molecule has 2 aliphatic rings. The Hall–Kier alpha value is -2.92. The number of pyridine rings is 1. The normalized spacial score (nSPS) is 18.8. The van der Waals surface area contributed by atoms with Crippen molar-refractivity contribution in [2.45, 2.75) is 25.8 Å². The van der Waals surface area contributed by atoms with Crippen LogP contribution in [0.1, 0.15) is 30.1 Å². The van der Waals surface area contributed by atoms with Crippen LogP contribution in [-0.2, 0) is 0 Å². The van der Waals surface area contributed by atoms with Crippen LogP contribution < -0.4 is 4.90 Å². The number of allylic oxidation sites excluding steroid dienone is 1. The number of benzene rings is 1. The Labute approximate surface area is 171 Å². The minimum Gasteiger partial charge on any atom is -0.358 e. The van der Waals surface area contributed by atoms with Crippen molar-refractivity contribution < 1.29 is 0 Å². The van der Waals surface area contributed by atoms with Crippen LogP contribution in [0, 0.1) is 6.92 Å². The Kier molecular flexibility index (Phi) is 4.90. The van der Waals surface area contributed by atoms with Crippen LogP contribution in [0.2, 0.25) is 0 Å². The zero-order valence-electron chi connectivity index (χ0n) is 16.9. The van der Waals surface area contributed by atoms with E-state index in [0.29, 0.717) is 0 Å². The van der Waals surface area contributed by atoms with E-state index in [2.05, 4.69) is 69.2 Å². The molecule has 1 aromatic carbocycles. The first-order chi connectivity index (χ1) is 14.3. The van der Waals surface area contributed by atoms with Gasteiger partial charge in [-0.2, -0.15) is 0 Å². The van der Waals surface area contributed by atoms with E-state index in [1.807, 2.05) is 18.5 Å². The summed E-state index contributed by atoms with van der Waals surface area (Å²) in [6, 6.07) is 15.0. The van der Waals surface area contributed by atoms with E-state index in [4.69, 9.17) is 4.99 Å². The molecule has 1 N–H and O–H groups in total. The third-order valence-electron chi connectivity index (χ3n) is 6.10. The molecule has 1 fully saturated rings. The number of hydrogen-bond acceptors (Lipinski definition) is 4. The molecule has 4 heterocycles. The van der Waals surface area contributed by atoms with Crippen molar-refractivity contribution in [3.05, 3.63) is 72.2 Å². The monoisotopic (exact) mass is 385 g/mol. The summed E-state index contributed by atoms with van der Waals surface area (Å²) in [6.07, 6.45) is 8.13. The Bertz CT molecular complexity index is 1040. The highest BCUT2D eigenvalue weighted by molar-refractivity contribution is 5.97. The van der Waals surface area contributed by atoms with Gasteiger partial charge in [-0.25, -0.2) is 4.98 Å². The fraction of sp³-hybridized carbons (Fsp3) is 0.333. The average Bonchev–Trinajstić information content (AvgIpc) is 3.12. The van der Waals surface area contributed by atoms with Gasteiger partial charge in [0.05, 0.1) is 6.04 Å². The molecule has 1 saturated heterocycles. The molecule has 2 aliphatic heterocycles. The third kappa shape index (κ3) is 3.47. The molecule has 0 aliphatic carbocycles. The van der Waals surface area contributed by atoms with Crippen molar-refractivity contribution in [2.75, 3.05) is 31.1 Å². The van der Waals surface area contributed by atoms with Gasteiger partial charge < -0.3 is 9.88 Å². The van der Waals surface area contributed by atoms with Gasteiger partial charge in [0, 0.05) is 66.4 Å². The lowest BCUT2D eigenvalue weighted by Crippen LogP contribution is -2.49. The van der Waals surface area contributed by atoms with Gasteiger partial charge in [0.25, 0.3) is 0 Å². The van der Waals surface area contributed by atoms with E-state index in [9.17, 15) is 0 Å². The van der Waals surface area contributed by atoms with Crippen LogP contribution >= 0.6 is 0 Å². The number of nitrogens with one attached hydrogen (secondary N) is 1. The Balaban J connectivity index is 1.48. The number of aromatic amines is 1. The molecule has 0 radical (unpaired) electrons. The highest BCUT2D eigenvalue weighted by atomic mass is 15.3. The molecule has 0 amide bonds. The molecule has 0 bridgehead atoms. The van der Waals surface area contributed by atoms with E-state index in [0.717, 1.165) is 44.8 Å². The summed E-state index contributed by atoms with van der Waals surface area (Å²) < 4.78 is 0. The van der Waals surface area contributed by atoms with Crippen LogP contribution in [-0.4, -0.2) is 46.8 Å². The molecule has 148 valence electrons. The second-order valence-electron chi connectivity index (χ2n) is 7.87.